The number of nitrogens with one attached hydrogen (secondary N) is 1. The molecule has 1 N–H and O–H groups in total. The van der Waals surface area contributed by atoms with Gasteiger partial charge in [0.15, 0.2) is 0 Å². The maximum absolute atomic E-state index is 12.5. The number of benzene rings is 1. The van der Waals surface area contributed by atoms with Crippen molar-refractivity contribution in [2.45, 2.75) is 39.7 Å². The number of carbonyl (C=O) groups is 1. The standard InChI is InChI=1S/C18H24N2O/c1-13-9-8-10-14(2)17(13)19-18(21)20(4)15(3)16-11-6-5-7-12-16/h5-7,9,11-12,15H,8,10H2,1-4H3,(H,19,21). The maximum Gasteiger partial charge on any atom is 0.322 e. The van der Waals surface area contributed by atoms with Gasteiger partial charge in [0.25, 0.3) is 0 Å². The van der Waals surface area contributed by atoms with Gasteiger partial charge >= 0.3 is 6.03 Å². The molecule has 3 nitrogen and oxygen atoms in total. The highest BCUT2D eigenvalue weighted by Crippen LogP contribution is 2.24. The molecular weight excluding hydrogens is 260 g/mol. The van der Waals surface area contributed by atoms with Crippen LogP contribution in [0, 0.1) is 0 Å². The van der Waals surface area contributed by atoms with Crippen LogP contribution in [0.1, 0.15) is 45.2 Å². The molecule has 0 radical (unpaired) electrons. The van der Waals surface area contributed by atoms with Crippen LogP contribution in [0.2, 0.25) is 0 Å². The minimum absolute atomic E-state index is 0.0417. The van der Waals surface area contributed by atoms with E-state index in [2.05, 4.69) is 25.2 Å². The summed E-state index contributed by atoms with van der Waals surface area (Å²) >= 11 is 0. The lowest BCUT2D eigenvalue weighted by Gasteiger charge is -2.27. The highest BCUT2D eigenvalue weighted by atomic mass is 16.2. The van der Waals surface area contributed by atoms with Crippen LogP contribution in [0.15, 0.2) is 53.3 Å². The van der Waals surface area contributed by atoms with Crippen molar-refractivity contribution in [3.63, 3.8) is 0 Å². The van der Waals surface area contributed by atoms with E-state index in [-0.39, 0.29) is 12.1 Å². The first-order chi connectivity index (χ1) is 10.0. The fourth-order valence-corrected chi connectivity index (χ4v) is 2.60. The van der Waals surface area contributed by atoms with E-state index in [9.17, 15) is 4.79 Å². The molecule has 0 aromatic heterocycles. The molecule has 21 heavy (non-hydrogen) atoms. The molecule has 1 atom stereocenters. The predicted molar refractivity (Wildman–Crippen MR) is 86.8 cm³/mol. The van der Waals surface area contributed by atoms with Crippen molar-refractivity contribution in [2.24, 2.45) is 0 Å². The van der Waals surface area contributed by atoms with Crippen molar-refractivity contribution in [3.05, 3.63) is 58.8 Å². The topological polar surface area (TPSA) is 32.3 Å². The zero-order valence-corrected chi connectivity index (χ0v) is 13.3. The van der Waals surface area contributed by atoms with Crippen molar-refractivity contribution in [2.75, 3.05) is 7.05 Å². The molecular formula is C18H24N2O. The molecule has 2 rings (SSSR count). The number of hydrogen-bond donors (Lipinski definition) is 1. The molecule has 0 spiro atoms. The molecule has 2 amide bonds. The second kappa shape index (κ2) is 6.61. The Balaban J connectivity index is 2.08. The molecule has 0 fully saturated rings. The molecule has 0 bridgehead atoms. The Labute approximate surface area is 127 Å². The van der Waals surface area contributed by atoms with Crippen molar-refractivity contribution in [1.29, 1.82) is 0 Å². The first kappa shape index (κ1) is 15.4. The third-order valence-corrected chi connectivity index (χ3v) is 4.21. The monoisotopic (exact) mass is 284 g/mol. The summed E-state index contributed by atoms with van der Waals surface area (Å²) in [6.45, 7) is 6.19. The predicted octanol–water partition coefficient (Wildman–Crippen LogP) is 4.40. The number of nitrogens with zero attached hydrogens (tertiary/aromatic N) is 1. The second-order valence-corrected chi connectivity index (χ2v) is 5.71. The first-order valence-electron chi connectivity index (χ1n) is 7.46. The van der Waals surface area contributed by atoms with Gasteiger partial charge in [-0.1, -0.05) is 36.4 Å². The Bertz CT molecular complexity index is 572. The van der Waals surface area contributed by atoms with E-state index < -0.39 is 0 Å². The van der Waals surface area contributed by atoms with Crippen molar-refractivity contribution >= 4 is 6.03 Å². The van der Waals surface area contributed by atoms with Crippen LogP contribution in [0.25, 0.3) is 0 Å². The highest BCUT2D eigenvalue weighted by Gasteiger charge is 2.20. The number of rotatable bonds is 3. The van der Waals surface area contributed by atoms with Crippen LogP contribution in [-0.2, 0) is 0 Å². The van der Waals surface area contributed by atoms with Gasteiger partial charge in [0.1, 0.15) is 0 Å². The Morgan fingerprint density at radius 3 is 2.52 bits per heavy atom. The first-order valence-corrected chi connectivity index (χ1v) is 7.46. The van der Waals surface area contributed by atoms with Gasteiger partial charge in [-0.15, -0.1) is 0 Å². The summed E-state index contributed by atoms with van der Waals surface area (Å²) in [5.41, 5.74) is 4.53. The van der Waals surface area contributed by atoms with Crippen molar-refractivity contribution in [1.82, 2.24) is 10.2 Å². The minimum atomic E-state index is -0.0599. The molecule has 1 unspecified atom stereocenters. The highest BCUT2D eigenvalue weighted by molar-refractivity contribution is 5.77. The van der Waals surface area contributed by atoms with Gasteiger partial charge in [-0.2, -0.15) is 0 Å². The number of urea groups is 1. The number of carbonyl (C=O) groups excluding carboxylic acids is 1. The molecule has 0 aliphatic heterocycles. The summed E-state index contributed by atoms with van der Waals surface area (Å²) in [6, 6.07) is 10.1. The molecule has 112 valence electrons. The van der Waals surface area contributed by atoms with Crippen LogP contribution in [0.5, 0.6) is 0 Å². The summed E-state index contributed by atoms with van der Waals surface area (Å²) in [6.07, 6.45) is 4.27. The van der Waals surface area contributed by atoms with Gasteiger partial charge in [-0.3, -0.25) is 0 Å². The van der Waals surface area contributed by atoms with Gasteiger partial charge in [0.2, 0.25) is 0 Å². The number of allylic oxidation sites excluding steroid dienone is 3. The third-order valence-electron chi connectivity index (χ3n) is 4.21. The Morgan fingerprint density at radius 1 is 1.24 bits per heavy atom. The molecule has 0 saturated carbocycles. The fraction of sp³-hybridized carbons (Fsp3) is 0.389. The quantitative estimate of drug-likeness (QED) is 0.876. The second-order valence-electron chi connectivity index (χ2n) is 5.71. The summed E-state index contributed by atoms with van der Waals surface area (Å²) in [7, 11) is 1.84. The Morgan fingerprint density at radius 2 is 1.90 bits per heavy atom. The van der Waals surface area contributed by atoms with Crippen molar-refractivity contribution in [3.8, 4) is 0 Å². The van der Waals surface area contributed by atoms with Crippen molar-refractivity contribution < 1.29 is 4.79 Å². The third kappa shape index (κ3) is 3.54. The number of hydrogen-bond acceptors (Lipinski definition) is 1. The Hall–Kier alpha value is -2.03. The van der Waals surface area contributed by atoms with Crippen LogP contribution < -0.4 is 5.32 Å². The van der Waals surface area contributed by atoms with E-state index in [0.29, 0.717) is 0 Å². The summed E-state index contributed by atoms with van der Waals surface area (Å²) in [5.74, 6) is 0. The lowest BCUT2D eigenvalue weighted by atomic mass is 9.98. The average Bonchev–Trinajstić information content (AvgIpc) is 2.50. The SMILES string of the molecule is CC1=CCCC(C)=C1NC(=O)N(C)C(C)c1ccccc1. The minimum Gasteiger partial charge on any atom is -0.321 e. The van der Waals surface area contributed by atoms with E-state index >= 15 is 0 Å². The van der Waals surface area contributed by atoms with Crippen LogP contribution in [0.4, 0.5) is 4.79 Å². The molecule has 1 aliphatic carbocycles. The number of amides is 2. The molecule has 1 aromatic rings. The molecule has 1 aliphatic rings. The van der Waals surface area contributed by atoms with Crippen LogP contribution >= 0.6 is 0 Å². The fourth-order valence-electron chi connectivity index (χ4n) is 2.60. The molecule has 0 saturated heterocycles. The van der Waals surface area contributed by atoms with Gasteiger partial charge < -0.3 is 10.2 Å². The van der Waals surface area contributed by atoms with E-state index in [1.807, 2.05) is 44.3 Å². The summed E-state index contributed by atoms with van der Waals surface area (Å²) < 4.78 is 0. The lowest BCUT2D eigenvalue weighted by molar-refractivity contribution is 0.197. The van der Waals surface area contributed by atoms with E-state index in [0.717, 1.165) is 29.7 Å². The van der Waals surface area contributed by atoms with E-state index in [4.69, 9.17) is 0 Å². The largest absolute Gasteiger partial charge is 0.322 e. The zero-order chi connectivity index (χ0) is 15.4. The van der Waals surface area contributed by atoms with Crippen LogP contribution in [-0.4, -0.2) is 18.0 Å². The van der Waals surface area contributed by atoms with Crippen LogP contribution in [0.3, 0.4) is 0 Å². The smallest absolute Gasteiger partial charge is 0.321 e. The molecule has 1 aromatic carbocycles. The molecule has 0 heterocycles. The van der Waals surface area contributed by atoms with Gasteiger partial charge in [0, 0.05) is 12.7 Å². The average molecular weight is 284 g/mol. The van der Waals surface area contributed by atoms with E-state index in [1.54, 1.807) is 4.90 Å². The summed E-state index contributed by atoms with van der Waals surface area (Å²) in [4.78, 5) is 14.2. The Kier molecular flexibility index (Phi) is 4.84. The summed E-state index contributed by atoms with van der Waals surface area (Å²) in [5, 5.41) is 3.07. The van der Waals surface area contributed by atoms with Gasteiger partial charge in [-0.25, -0.2) is 4.79 Å². The van der Waals surface area contributed by atoms with E-state index in [1.165, 1.54) is 5.57 Å². The maximum atomic E-state index is 12.5. The zero-order valence-electron chi connectivity index (χ0n) is 13.3. The normalized spacial score (nSPS) is 16.3. The lowest BCUT2D eigenvalue weighted by Crippen LogP contribution is -2.39. The molecule has 3 heteroatoms. The van der Waals surface area contributed by atoms with Gasteiger partial charge in [-0.05, 0) is 50.3 Å². The van der Waals surface area contributed by atoms with Gasteiger partial charge in [0.05, 0.1) is 6.04 Å².